The highest BCUT2D eigenvalue weighted by Crippen LogP contribution is 2.39. The summed E-state index contributed by atoms with van der Waals surface area (Å²) in [6.45, 7) is 12.1. The molecule has 1 rings (SSSR count). The summed E-state index contributed by atoms with van der Waals surface area (Å²) in [5, 5.41) is 0. The van der Waals surface area contributed by atoms with E-state index in [-0.39, 0.29) is 11.2 Å². The van der Waals surface area contributed by atoms with Crippen molar-refractivity contribution in [1.29, 1.82) is 0 Å². The van der Waals surface area contributed by atoms with E-state index in [1.807, 2.05) is 19.9 Å². The van der Waals surface area contributed by atoms with E-state index in [9.17, 15) is 4.79 Å². The van der Waals surface area contributed by atoms with Gasteiger partial charge in [-0.15, -0.1) is 0 Å². The zero-order chi connectivity index (χ0) is 13.1. The summed E-state index contributed by atoms with van der Waals surface area (Å²) in [4.78, 5) is 11.7. The molecule has 1 aliphatic carbocycles. The SMILES string of the molecule is C=CC=C(C)/C=C/C1=C(C)C(=O)CCC1(C)C. The van der Waals surface area contributed by atoms with Crippen LogP contribution >= 0.6 is 0 Å². The third-order valence-electron chi connectivity index (χ3n) is 3.42. The number of hydrogen-bond donors (Lipinski definition) is 0. The average molecular weight is 230 g/mol. The molecular formula is C16H22O. The van der Waals surface area contributed by atoms with Gasteiger partial charge in [0.05, 0.1) is 0 Å². The Morgan fingerprint density at radius 2 is 2.06 bits per heavy atom. The first-order valence-electron chi connectivity index (χ1n) is 6.10. The predicted molar refractivity (Wildman–Crippen MR) is 73.8 cm³/mol. The van der Waals surface area contributed by atoms with Crippen LogP contribution in [0.2, 0.25) is 0 Å². The van der Waals surface area contributed by atoms with Crippen LogP contribution in [-0.4, -0.2) is 5.78 Å². The van der Waals surface area contributed by atoms with Crippen LogP contribution in [0.1, 0.15) is 40.5 Å². The van der Waals surface area contributed by atoms with Crippen molar-refractivity contribution in [2.24, 2.45) is 5.41 Å². The van der Waals surface area contributed by atoms with Gasteiger partial charge < -0.3 is 0 Å². The zero-order valence-corrected chi connectivity index (χ0v) is 11.3. The van der Waals surface area contributed by atoms with Crippen molar-refractivity contribution in [3.05, 3.63) is 47.6 Å². The maximum Gasteiger partial charge on any atom is 0.158 e. The molecule has 0 fully saturated rings. The molecule has 0 aromatic heterocycles. The fourth-order valence-corrected chi connectivity index (χ4v) is 2.21. The Labute approximate surface area is 105 Å². The van der Waals surface area contributed by atoms with Gasteiger partial charge in [-0.25, -0.2) is 0 Å². The first-order chi connectivity index (χ1) is 7.88. The van der Waals surface area contributed by atoms with Crippen LogP contribution in [0, 0.1) is 5.41 Å². The van der Waals surface area contributed by atoms with Crippen LogP contribution in [0.25, 0.3) is 0 Å². The highest BCUT2D eigenvalue weighted by Gasteiger charge is 2.30. The van der Waals surface area contributed by atoms with Gasteiger partial charge in [0.1, 0.15) is 0 Å². The lowest BCUT2D eigenvalue weighted by Crippen LogP contribution is -2.24. The molecule has 0 radical (unpaired) electrons. The van der Waals surface area contributed by atoms with E-state index < -0.39 is 0 Å². The monoisotopic (exact) mass is 230 g/mol. The predicted octanol–water partition coefficient (Wildman–Crippen LogP) is 4.38. The number of carbonyl (C=O) groups excluding carboxylic acids is 1. The van der Waals surface area contributed by atoms with Gasteiger partial charge >= 0.3 is 0 Å². The van der Waals surface area contributed by atoms with Gasteiger partial charge in [-0.05, 0) is 36.8 Å². The molecule has 1 nitrogen and oxygen atoms in total. The second-order valence-corrected chi connectivity index (χ2v) is 5.33. The maximum atomic E-state index is 11.7. The number of hydrogen-bond acceptors (Lipinski definition) is 1. The van der Waals surface area contributed by atoms with Crippen molar-refractivity contribution in [1.82, 2.24) is 0 Å². The third-order valence-corrected chi connectivity index (χ3v) is 3.42. The largest absolute Gasteiger partial charge is 0.295 e. The lowest BCUT2D eigenvalue weighted by Gasteiger charge is -2.32. The van der Waals surface area contributed by atoms with Crippen LogP contribution in [0.15, 0.2) is 47.6 Å². The fraction of sp³-hybridized carbons (Fsp3) is 0.438. The summed E-state index contributed by atoms with van der Waals surface area (Å²) in [6, 6.07) is 0. The summed E-state index contributed by atoms with van der Waals surface area (Å²) in [6.07, 6.45) is 9.50. The van der Waals surface area contributed by atoms with Gasteiger partial charge in [0, 0.05) is 6.42 Å². The minimum atomic E-state index is 0.100. The standard InChI is InChI=1S/C16H22O/c1-6-7-12(2)8-9-14-13(3)15(17)10-11-16(14,4)5/h6-9H,1,10-11H2,2-5H3/b9-8+,12-7?. The number of allylic oxidation sites excluding steroid dienone is 7. The highest BCUT2D eigenvalue weighted by atomic mass is 16.1. The van der Waals surface area contributed by atoms with E-state index in [1.165, 1.54) is 5.57 Å². The molecule has 92 valence electrons. The van der Waals surface area contributed by atoms with Crippen molar-refractivity contribution in [2.75, 3.05) is 0 Å². The molecule has 0 amide bonds. The van der Waals surface area contributed by atoms with Crippen molar-refractivity contribution >= 4 is 5.78 Å². The van der Waals surface area contributed by atoms with Crippen LogP contribution in [0.3, 0.4) is 0 Å². The minimum Gasteiger partial charge on any atom is -0.295 e. The van der Waals surface area contributed by atoms with Crippen molar-refractivity contribution in [3.63, 3.8) is 0 Å². The van der Waals surface area contributed by atoms with Gasteiger partial charge in [0.2, 0.25) is 0 Å². The average Bonchev–Trinajstić information content (AvgIpc) is 2.24. The number of Topliss-reactive ketones (excluding diaryl/α,β-unsaturated/α-hetero) is 1. The van der Waals surface area contributed by atoms with E-state index in [0.29, 0.717) is 6.42 Å². The zero-order valence-electron chi connectivity index (χ0n) is 11.3. The van der Waals surface area contributed by atoms with E-state index in [1.54, 1.807) is 6.08 Å². The summed E-state index contributed by atoms with van der Waals surface area (Å²) >= 11 is 0. The quantitative estimate of drug-likeness (QED) is 0.657. The summed E-state index contributed by atoms with van der Waals surface area (Å²) in [5.41, 5.74) is 3.34. The van der Waals surface area contributed by atoms with Crippen molar-refractivity contribution < 1.29 is 4.79 Å². The molecule has 0 atom stereocenters. The molecule has 1 aliphatic rings. The Hall–Kier alpha value is -1.37. The molecule has 1 heteroatoms. The summed E-state index contributed by atoms with van der Waals surface area (Å²) in [5.74, 6) is 0.286. The molecule has 0 aromatic rings. The Bertz CT molecular complexity index is 417. The topological polar surface area (TPSA) is 17.1 Å². The van der Waals surface area contributed by atoms with Gasteiger partial charge in [0.15, 0.2) is 5.78 Å². The Morgan fingerprint density at radius 3 is 2.65 bits per heavy atom. The molecule has 0 bridgehead atoms. The fourth-order valence-electron chi connectivity index (χ4n) is 2.21. The molecular weight excluding hydrogens is 208 g/mol. The van der Waals surface area contributed by atoms with Crippen LogP contribution in [0.5, 0.6) is 0 Å². The lowest BCUT2D eigenvalue weighted by molar-refractivity contribution is -0.116. The Balaban J connectivity index is 3.08. The molecule has 0 spiro atoms. The third kappa shape index (κ3) is 3.29. The molecule has 0 saturated carbocycles. The maximum absolute atomic E-state index is 11.7. The van der Waals surface area contributed by atoms with Crippen LogP contribution in [0.4, 0.5) is 0 Å². The van der Waals surface area contributed by atoms with Crippen LogP contribution in [-0.2, 0) is 4.79 Å². The molecule has 0 saturated heterocycles. The number of carbonyl (C=O) groups is 1. The van der Waals surface area contributed by atoms with E-state index in [2.05, 4.69) is 32.6 Å². The van der Waals surface area contributed by atoms with Gasteiger partial charge in [-0.1, -0.05) is 50.3 Å². The number of rotatable bonds is 3. The second kappa shape index (κ2) is 5.31. The molecule has 0 heterocycles. The molecule has 17 heavy (non-hydrogen) atoms. The van der Waals surface area contributed by atoms with E-state index in [4.69, 9.17) is 0 Å². The number of ketones is 1. The first-order valence-corrected chi connectivity index (χ1v) is 6.10. The smallest absolute Gasteiger partial charge is 0.158 e. The van der Waals surface area contributed by atoms with E-state index in [0.717, 1.165) is 17.6 Å². The molecule has 0 unspecified atom stereocenters. The van der Waals surface area contributed by atoms with Crippen molar-refractivity contribution in [2.45, 2.75) is 40.5 Å². The highest BCUT2D eigenvalue weighted by molar-refractivity contribution is 5.97. The van der Waals surface area contributed by atoms with Gasteiger partial charge in [0.25, 0.3) is 0 Å². The second-order valence-electron chi connectivity index (χ2n) is 5.33. The lowest BCUT2D eigenvalue weighted by atomic mass is 9.72. The van der Waals surface area contributed by atoms with E-state index >= 15 is 0 Å². The normalized spacial score (nSPS) is 21.2. The van der Waals surface area contributed by atoms with Gasteiger partial charge in [-0.3, -0.25) is 4.79 Å². The molecule has 0 aromatic carbocycles. The van der Waals surface area contributed by atoms with Gasteiger partial charge in [-0.2, -0.15) is 0 Å². The van der Waals surface area contributed by atoms with Crippen molar-refractivity contribution in [3.8, 4) is 0 Å². The Morgan fingerprint density at radius 1 is 1.41 bits per heavy atom. The molecule has 0 aliphatic heterocycles. The Kier molecular flexibility index (Phi) is 4.28. The first kappa shape index (κ1) is 13.7. The van der Waals surface area contributed by atoms with Crippen LogP contribution < -0.4 is 0 Å². The minimum absolute atomic E-state index is 0.100. The summed E-state index contributed by atoms with van der Waals surface area (Å²) in [7, 11) is 0. The molecule has 0 N–H and O–H groups in total. The summed E-state index contributed by atoms with van der Waals surface area (Å²) < 4.78 is 0.